The molecule has 0 spiro atoms. The van der Waals surface area contributed by atoms with Gasteiger partial charge in [-0.1, -0.05) is 23.7 Å². The van der Waals surface area contributed by atoms with E-state index in [0.29, 0.717) is 16.4 Å². The first-order chi connectivity index (χ1) is 11.4. The fourth-order valence-corrected chi connectivity index (χ4v) is 2.87. The van der Waals surface area contributed by atoms with Crippen LogP contribution in [0.1, 0.15) is 12.0 Å². The van der Waals surface area contributed by atoms with E-state index in [0.717, 1.165) is 5.56 Å². The predicted molar refractivity (Wildman–Crippen MR) is 91.7 cm³/mol. The average Bonchev–Trinajstić information content (AvgIpc) is 2.92. The number of hydrogen-bond acceptors (Lipinski definition) is 2. The standard InChI is InChI=1S/C18H16ClFN2O2/c1-11-5-6-15(9-16(11)19)22-10-12(7-17(22)23)18(24)21-14-4-2-3-13(20)8-14/h2-6,8-9,12H,7,10H2,1H3,(H,21,24)/t12-/m1/s1. The highest BCUT2D eigenvalue weighted by molar-refractivity contribution is 6.31. The van der Waals surface area contributed by atoms with Gasteiger partial charge < -0.3 is 10.2 Å². The second kappa shape index (κ2) is 6.61. The van der Waals surface area contributed by atoms with Crippen molar-refractivity contribution < 1.29 is 14.0 Å². The molecule has 2 aromatic carbocycles. The summed E-state index contributed by atoms with van der Waals surface area (Å²) < 4.78 is 13.2. The van der Waals surface area contributed by atoms with Crippen molar-refractivity contribution in [1.82, 2.24) is 0 Å². The fourth-order valence-electron chi connectivity index (χ4n) is 2.69. The van der Waals surface area contributed by atoms with Gasteiger partial charge in [0.25, 0.3) is 0 Å². The fraction of sp³-hybridized carbons (Fsp3) is 0.222. The van der Waals surface area contributed by atoms with Crippen LogP contribution in [0.4, 0.5) is 15.8 Å². The number of rotatable bonds is 3. The Hall–Kier alpha value is -2.40. The van der Waals surface area contributed by atoms with Crippen molar-refractivity contribution in [3.8, 4) is 0 Å². The van der Waals surface area contributed by atoms with Crippen LogP contribution in [0.2, 0.25) is 5.02 Å². The minimum atomic E-state index is -0.485. The summed E-state index contributed by atoms with van der Waals surface area (Å²) in [5, 5.41) is 3.23. The first-order valence-electron chi connectivity index (χ1n) is 7.57. The second-order valence-electron chi connectivity index (χ2n) is 5.84. The van der Waals surface area contributed by atoms with E-state index in [1.165, 1.54) is 18.2 Å². The maximum atomic E-state index is 13.2. The molecule has 1 aliphatic heterocycles. The Balaban J connectivity index is 1.72. The molecule has 0 saturated carbocycles. The summed E-state index contributed by atoms with van der Waals surface area (Å²) in [6.45, 7) is 2.16. The van der Waals surface area contributed by atoms with Crippen LogP contribution < -0.4 is 10.2 Å². The van der Waals surface area contributed by atoms with E-state index in [1.54, 1.807) is 17.0 Å². The number of benzene rings is 2. The maximum Gasteiger partial charge on any atom is 0.229 e. The van der Waals surface area contributed by atoms with Gasteiger partial charge in [0, 0.05) is 29.4 Å². The molecule has 0 aliphatic carbocycles. The molecule has 0 radical (unpaired) electrons. The third kappa shape index (κ3) is 3.41. The Bertz CT molecular complexity index is 809. The van der Waals surface area contributed by atoms with E-state index in [-0.39, 0.29) is 24.8 Å². The van der Waals surface area contributed by atoms with Crippen LogP contribution in [0.5, 0.6) is 0 Å². The molecule has 6 heteroatoms. The Labute approximate surface area is 144 Å². The van der Waals surface area contributed by atoms with Crippen LogP contribution in [0.3, 0.4) is 0 Å². The van der Waals surface area contributed by atoms with Gasteiger partial charge in [-0.15, -0.1) is 0 Å². The number of nitrogens with zero attached hydrogens (tertiary/aromatic N) is 1. The van der Waals surface area contributed by atoms with Gasteiger partial charge in [0.2, 0.25) is 11.8 Å². The number of carbonyl (C=O) groups is 2. The molecular weight excluding hydrogens is 331 g/mol. The van der Waals surface area contributed by atoms with Crippen LogP contribution in [-0.4, -0.2) is 18.4 Å². The van der Waals surface area contributed by atoms with E-state index in [9.17, 15) is 14.0 Å². The summed E-state index contributed by atoms with van der Waals surface area (Å²) in [6.07, 6.45) is 0.118. The summed E-state index contributed by atoms with van der Waals surface area (Å²) in [6, 6.07) is 11.0. The molecule has 0 aromatic heterocycles. The first-order valence-corrected chi connectivity index (χ1v) is 7.95. The summed E-state index contributed by atoms with van der Waals surface area (Å²) in [7, 11) is 0. The minimum absolute atomic E-state index is 0.118. The van der Waals surface area contributed by atoms with Gasteiger partial charge >= 0.3 is 0 Å². The molecule has 1 N–H and O–H groups in total. The molecular formula is C18H16ClFN2O2. The number of anilines is 2. The first kappa shape index (κ1) is 16.5. The molecule has 24 heavy (non-hydrogen) atoms. The van der Waals surface area contributed by atoms with Crippen molar-refractivity contribution in [3.05, 3.63) is 58.9 Å². The molecule has 4 nitrogen and oxygen atoms in total. The zero-order chi connectivity index (χ0) is 17.3. The summed E-state index contributed by atoms with van der Waals surface area (Å²) >= 11 is 6.11. The van der Waals surface area contributed by atoms with Gasteiger partial charge in [-0.05, 0) is 42.8 Å². The van der Waals surface area contributed by atoms with Crippen molar-refractivity contribution in [2.75, 3.05) is 16.8 Å². The monoisotopic (exact) mass is 346 g/mol. The molecule has 1 fully saturated rings. The molecule has 3 rings (SSSR count). The van der Waals surface area contributed by atoms with Gasteiger partial charge in [0.15, 0.2) is 0 Å². The van der Waals surface area contributed by atoms with Crippen molar-refractivity contribution in [2.45, 2.75) is 13.3 Å². The highest BCUT2D eigenvalue weighted by atomic mass is 35.5. The number of hydrogen-bond donors (Lipinski definition) is 1. The van der Waals surface area contributed by atoms with Crippen LogP contribution in [-0.2, 0) is 9.59 Å². The van der Waals surface area contributed by atoms with E-state index in [1.807, 2.05) is 19.1 Å². The zero-order valence-corrected chi connectivity index (χ0v) is 13.8. The lowest BCUT2D eigenvalue weighted by molar-refractivity contribution is -0.122. The predicted octanol–water partition coefficient (Wildman–Crippen LogP) is 3.78. The molecule has 2 amide bonds. The highest BCUT2D eigenvalue weighted by Gasteiger charge is 2.35. The molecule has 0 unspecified atom stereocenters. The second-order valence-corrected chi connectivity index (χ2v) is 6.25. The van der Waals surface area contributed by atoms with Gasteiger partial charge in [-0.3, -0.25) is 9.59 Å². The molecule has 2 aromatic rings. The molecule has 124 valence electrons. The Kier molecular flexibility index (Phi) is 4.53. The van der Waals surface area contributed by atoms with E-state index < -0.39 is 11.7 Å². The number of aryl methyl sites for hydroxylation is 1. The van der Waals surface area contributed by atoms with Crippen molar-refractivity contribution in [1.29, 1.82) is 0 Å². The molecule has 0 bridgehead atoms. The van der Waals surface area contributed by atoms with Crippen LogP contribution in [0.15, 0.2) is 42.5 Å². The summed E-state index contributed by atoms with van der Waals surface area (Å²) in [5.41, 5.74) is 1.98. The minimum Gasteiger partial charge on any atom is -0.326 e. The van der Waals surface area contributed by atoms with Gasteiger partial charge in [0.1, 0.15) is 5.82 Å². The Morgan fingerprint density at radius 1 is 1.29 bits per heavy atom. The molecule has 1 heterocycles. The Morgan fingerprint density at radius 2 is 2.08 bits per heavy atom. The van der Waals surface area contributed by atoms with E-state index >= 15 is 0 Å². The van der Waals surface area contributed by atoms with E-state index in [2.05, 4.69) is 5.32 Å². The third-order valence-corrected chi connectivity index (χ3v) is 4.46. The molecule has 1 saturated heterocycles. The molecule has 1 atom stereocenters. The number of halogens is 2. The third-order valence-electron chi connectivity index (χ3n) is 4.06. The lowest BCUT2D eigenvalue weighted by Crippen LogP contribution is -2.28. The lowest BCUT2D eigenvalue weighted by atomic mass is 10.1. The number of amides is 2. The van der Waals surface area contributed by atoms with Crippen LogP contribution in [0, 0.1) is 18.7 Å². The SMILES string of the molecule is Cc1ccc(N2C[C@H](C(=O)Nc3cccc(F)c3)CC2=O)cc1Cl. The van der Waals surface area contributed by atoms with Crippen LogP contribution in [0.25, 0.3) is 0 Å². The lowest BCUT2D eigenvalue weighted by Gasteiger charge is -2.17. The van der Waals surface area contributed by atoms with Crippen molar-refractivity contribution in [2.24, 2.45) is 5.92 Å². The largest absolute Gasteiger partial charge is 0.326 e. The highest BCUT2D eigenvalue weighted by Crippen LogP contribution is 2.29. The van der Waals surface area contributed by atoms with E-state index in [4.69, 9.17) is 11.6 Å². The van der Waals surface area contributed by atoms with Crippen molar-refractivity contribution >= 4 is 34.8 Å². The Morgan fingerprint density at radius 3 is 2.79 bits per heavy atom. The smallest absolute Gasteiger partial charge is 0.229 e. The topological polar surface area (TPSA) is 49.4 Å². The number of nitrogens with one attached hydrogen (secondary N) is 1. The average molecular weight is 347 g/mol. The van der Waals surface area contributed by atoms with Gasteiger partial charge in [0.05, 0.1) is 5.92 Å². The quantitative estimate of drug-likeness (QED) is 0.919. The van der Waals surface area contributed by atoms with Gasteiger partial charge in [-0.25, -0.2) is 4.39 Å². The summed E-state index contributed by atoms with van der Waals surface area (Å²) in [4.78, 5) is 26.1. The van der Waals surface area contributed by atoms with Gasteiger partial charge in [-0.2, -0.15) is 0 Å². The molecule has 1 aliphatic rings. The van der Waals surface area contributed by atoms with Crippen LogP contribution >= 0.6 is 11.6 Å². The zero-order valence-electron chi connectivity index (χ0n) is 13.1. The summed E-state index contributed by atoms with van der Waals surface area (Å²) in [5.74, 6) is -1.34. The normalized spacial score (nSPS) is 17.2. The number of carbonyl (C=O) groups excluding carboxylic acids is 2. The van der Waals surface area contributed by atoms with Crippen molar-refractivity contribution in [3.63, 3.8) is 0 Å². The maximum absolute atomic E-state index is 13.2.